The summed E-state index contributed by atoms with van der Waals surface area (Å²) in [5, 5.41) is 4.42. The minimum absolute atomic E-state index is 0.0845. The standard InChI is InChI=1S/C22H31N5S/c1-15-14-18(16(2)27(15)17-9-10-17)21-20(19-8-5-6-11-23-19)24-22(28)26(21)13-7-12-25(3)4/h5-6,8,11,14,17,20-21H,7,9-10,12-13H2,1-4H3,(H,24,28)/t20-,21+/m1/s1. The van der Waals surface area contributed by atoms with E-state index in [2.05, 4.69) is 70.8 Å². The van der Waals surface area contributed by atoms with Gasteiger partial charge in [0.1, 0.15) is 0 Å². The van der Waals surface area contributed by atoms with E-state index in [1.807, 2.05) is 12.3 Å². The van der Waals surface area contributed by atoms with Crippen LogP contribution in [0.25, 0.3) is 0 Å². The number of aromatic nitrogens is 2. The third kappa shape index (κ3) is 3.67. The minimum atomic E-state index is 0.0845. The molecule has 0 spiro atoms. The number of nitrogens with one attached hydrogen (secondary N) is 1. The summed E-state index contributed by atoms with van der Waals surface area (Å²) >= 11 is 5.79. The average Bonchev–Trinajstić information content (AvgIpc) is 3.38. The number of pyridine rings is 1. The lowest BCUT2D eigenvalue weighted by molar-refractivity contribution is 0.292. The van der Waals surface area contributed by atoms with Gasteiger partial charge in [-0.15, -0.1) is 0 Å². The molecule has 0 bridgehead atoms. The van der Waals surface area contributed by atoms with Crippen molar-refractivity contribution in [1.82, 2.24) is 24.7 Å². The number of thiocarbonyl (C=S) groups is 1. The van der Waals surface area contributed by atoms with E-state index >= 15 is 0 Å². The smallest absolute Gasteiger partial charge is 0.170 e. The Bertz CT molecular complexity index is 840. The molecule has 0 radical (unpaired) electrons. The Morgan fingerprint density at radius 3 is 2.68 bits per heavy atom. The summed E-state index contributed by atoms with van der Waals surface area (Å²) in [7, 11) is 4.25. The van der Waals surface area contributed by atoms with Gasteiger partial charge >= 0.3 is 0 Å². The number of rotatable bonds is 7. The Balaban J connectivity index is 1.70. The number of nitrogens with zero attached hydrogens (tertiary/aromatic N) is 4. The summed E-state index contributed by atoms with van der Waals surface area (Å²) in [4.78, 5) is 9.28. The topological polar surface area (TPSA) is 36.3 Å². The zero-order chi connectivity index (χ0) is 19.8. The molecule has 0 unspecified atom stereocenters. The van der Waals surface area contributed by atoms with Gasteiger partial charge in [-0.1, -0.05) is 6.07 Å². The Morgan fingerprint density at radius 2 is 2.04 bits per heavy atom. The molecule has 0 aromatic carbocycles. The van der Waals surface area contributed by atoms with E-state index in [1.165, 1.54) is 29.8 Å². The van der Waals surface area contributed by atoms with E-state index in [1.54, 1.807) is 0 Å². The number of aryl methyl sites for hydroxylation is 1. The number of hydrogen-bond donors (Lipinski definition) is 1. The minimum Gasteiger partial charge on any atom is -0.352 e. The van der Waals surface area contributed by atoms with E-state index in [0.29, 0.717) is 6.04 Å². The van der Waals surface area contributed by atoms with Crippen molar-refractivity contribution in [2.45, 2.75) is 51.2 Å². The summed E-state index contributed by atoms with van der Waals surface area (Å²) < 4.78 is 2.53. The molecule has 1 aliphatic heterocycles. The monoisotopic (exact) mass is 397 g/mol. The quantitative estimate of drug-likeness (QED) is 0.720. The van der Waals surface area contributed by atoms with E-state index in [0.717, 1.165) is 30.3 Å². The van der Waals surface area contributed by atoms with Gasteiger partial charge in [-0.3, -0.25) is 4.98 Å². The molecule has 150 valence electrons. The summed E-state index contributed by atoms with van der Waals surface area (Å²) in [6.45, 7) is 6.52. The van der Waals surface area contributed by atoms with Crippen molar-refractivity contribution in [2.24, 2.45) is 0 Å². The van der Waals surface area contributed by atoms with E-state index in [9.17, 15) is 0 Å². The first kappa shape index (κ1) is 19.4. The largest absolute Gasteiger partial charge is 0.352 e. The molecule has 2 aromatic rings. The molecule has 0 amide bonds. The summed E-state index contributed by atoms with van der Waals surface area (Å²) in [6.07, 6.45) is 5.56. The predicted octanol–water partition coefficient (Wildman–Crippen LogP) is 3.76. The van der Waals surface area contributed by atoms with Crippen LogP contribution in [-0.4, -0.2) is 51.6 Å². The molecule has 6 heteroatoms. The lowest BCUT2D eigenvalue weighted by atomic mass is 9.96. The second kappa shape index (κ2) is 7.84. The molecular formula is C22H31N5S. The van der Waals surface area contributed by atoms with Crippen LogP contribution in [0.2, 0.25) is 0 Å². The molecular weight excluding hydrogens is 366 g/mol. The highest BCUT2D eigenvalue weighted by Crippen LogP contribution is 2.44. The molecule has 1 N–H and O–H groups in total. The average molecular weight is 398 g/mol. The van der Waals surface area contributed by atoms with Crippen molar-refractivity contribution < 1.29 is 0 Å². The maximum atomic E-state index is 5.79. The van der Waals surface area contributed by atoms with Crippen molar-refractivity contribution in [3.63, 3.8) is 0 Å². The van der Waals surface area contributed by atoms with Gasteiger partial charge in [0.15, 0.2) is 5.11 Å². The third-order valence-electron chi connectivity index (χ3n) is 5.96. The fraction of sp³-hybridized carbons (Fsp3) is 0.545. The Hall–Kier alpha value is -1.92. The summed E-state index contributed by atoms with van der Waals surface area (Å²) in [5.41, 5.74) is 5.19. The lowest BCUT2D eigenvalue weighted by Crippen LogP contribution is -2.32. The Labute approximate surface area is 173 Å². The van der Waals surface area contributed by atoms with Crippen LogP contribution in [0.3, 0.4) is 0 Å². The lowest BCUT2D eigenvalue weighted by Gasteiger charge is -2.28. The first-order valence-corrected chi connectivity index (χ1v) is 10.7. The van der Waals surface area contributed by atoms with Crippen molar-refractivity contribution in [3.05, 3.63) is 53.1 Å². The van der Waals surface area contributed by atoms with Crippen molar-refractivity contribution in [3.8, 4) is 0 Å². The van der Waals surface area contributed by atoms with Gasteiger partial charge in [-0.25, -0.2) is 0 Å². The second-order valence-electron chi connectivity index (χ2n) is 8.40. The highest BCUT2D eigenvalue weighted by Gasteiger charge is 2.41. The van der Waals surface area contributed by atoms with Crippen LogP contribution in [0.5, 0.6) is 0 Å². The van der Waals surface area contributed by atoms with Crippen LogP contribution in [0.15, 0.2) is 30.5 Å². The SMILES string of the molecule is Cc1cc([C@H]2[C@@H](c3ccccn3)NC(=S)N2CCCN(C)C)c(C)n1C1CC1. The van der Waals surface area contributed by atoms with Gasteiger partial charge < -0.3 is 19.7 Å². The summed E-state index contributed by atoms with van der Waals surface area (Å²) in [5.74, 6) is 0. The highest BCUT2D eigenvalue weighted by molar-refractivity contribution is 7.80. The molecule has 2 aromatic heterocycles. The normalized spacial score (nSPS) is 22.2. The molecule has 4 rings (SSSR count). The Morgan fingerprint density at radius 1 is 1.25 bits per heavy atom. The van der Waals surface area contributed by atoms with Crippen LogP contribution in [-0.2, 0) is 0 Å². The Kier molecular flexibility index (Phi) is 5.43. The van der Waals surface area contributed by atoms with Gasteiger partial charge in [-0.05, 0) is 89.7 Å². The molecule has 1 saturated heterocycles. The van der Waals surface area contributed by atoms with Gasteiger partial charge in [0.2, 0.25) is 0 Å². The van der Waals surface area contributed by atoms with Crippen LogP contribution in [0.1, 0.15) is 60.0 Å². The summed E-state index contributed by atoms with van der Waals surface area (Å²) in [6, 6.07) is 9.47. The number of hydrogen-bond acceptors (Lipinski definition) is 3. The third-order valence-corrected chi connectivity index (χ3v) is 6.31. The molecule has 2 atom stereocenters. The fourth-order valence-electron chi connectivity index (χ4n) is 4.54. The first-order chi connectivity index (χ1) is 13.5. The van der Waals surface area contributed by atoms with E-state index in [-0.39, 0.29) is 12.1 Å². The maximum Gasteiger partial charge on any atom is 0.170 e. The molecule has 28 heavy (non-hydrogen) atoms. The van der Waals surface area contributed by atoms with Crippen molar-refractivity contribution >= 4 is 17.3 Å². The predicted molar refractivity (Wildman–Crippen MR) is 118 cm³/mol. The van der Waals surface area contributed by atoms with Crippen molar-refractivity contribution in [2.75, 3.05) is 27.2 Å². The van der Waals surface area contributed by atoms with Crippen LogP contribution in [0.4, 0.5) is 0 Å². The van der Waals surface area contributed by atoms with E-state index in [4.69, 9.17) is 12.2 Å². The molecule has 1 saturated carbocycles. The molecule has 2 fully saturated rings. The molecule has 2 aliphatic rings. The van der Waals surface area contributed by atoms with Gasteiger partial charge in [0.05, 0.1) is 17.8 Å². The van der Waals surface area contributed by atoms with Gasteiger partial charge in [-0.2, -0.15) is 0 Å². The van der Waals surface area contributed by atoms with Gasteiger partial charge in [0.25, 0.3) is 0 Å². The maximum absolute atomic E-state index is 5.79. The zero-order valence-corrected chi connectivity index (χ0v) is 18.2. The van der Waals surface area contributed by atoms with Crippen molar-refractivity contribution in [1.29, 1.82) is 0 Å². The zero-order valence-electron chi connectivity index (χ0n) is 17.4. The molecule has 3 heterocycles. The fourth-order valence-corrected chi connectivity index (χ4v) is 4.87. The molecule has 1 aliphatic carbocycles. The first-order valence-electron chi connectivity index (χ1n) is 10.3. The van der Waals surface area contributed by atoms with E-state index < -0.39 is 0 Å². The van der Waals surface area contributed by atoms with Crippen LogP contribution >= 0.6 is 12.2 Å². The molecule has 5 nitrogen and oxygen atoms in total. The van der Waals surface area contributed by atoms with Gasteiger partial charge in [0, 0.05) is 30.2 Å². The second-order valence-corrected chi connectivity index (χ2v) is 8.79. The van der Waals surface area contributed by atoms with Crippen LogP contribution in [0, 0.1) is 13.8 Å². The van der Waals surface area contributed by atoms with Crippen LogP contribution < -0.4 is 5.32 Å². The highest BCUT2D eigenvalue weighted by atomic mass is 32.1.